The molecule has 0 aliphatic carbocycles. The lowest BCUT2D eigenvalue weighted by Gasteiger charge is -2.15. The van der Waals surface area contributed by atoms with Crippen molar-refractivity contribution in [3.63, 3.8) is 0 Å². The van der Waals surface area contributed by atoms with E-state index in [1.165, 1.54) is 6.42 Å². The van der Waals surface area contributed by atoms with E-state index in [-0.39, 0.29) is 6.61 Å². The van der Waals surface area contributed by atoms with Crippen molar-refractivity contribution >= 4 is 0 Å². The molecule has 0 aliphatic heterocycles. The lowest BCUT2D eigenvalue weighted by Crippen LogP contribution is -2.25. The Morgan fingerprint density at radius 3 is 1.45 bits per heavy atom. The zero-order valence-electron chi connectivity index (χ0n) is 8.43. The summed E-state index contributed by atoms with van der Waals surface area (Å²) in [5.41, 5.74) is 0. The van der Waals surface area contributed by atoms with Gasteiger partial charge in [-0.05, 0) is 13.1 Å². The minimum absolute atomic E-state index is 0.279. The van der Waals surface area contributed by atoms with Gasteiger partial charge in [0, 0.05) is 6.54 Å². The Labute approximate surface area is 71.2 Å². The van der Waals surface area contributed by atoms with Gasteiger partial charge in [-0.25, -0.2) is 0 Å². The first kappa shape index (κ1) is 13.5. The summed E-state index contributed by atoms with van der Waals surface area (Å²) < 4.78 is 0. The third-order valence-electron chi connectivity index (χ3n) is 1.31. The summed E-state index contributed by atoms with van der Waals surface area (Å²) >= 11 is 0. The number of hydrogen-bond donors (Lipinski definition) is 1. The first-order valence-electron chi connectivity index (χ1n) is 4.59. The molecule has 0 fully saturated rings. The molecule has 0 rings (SSSR count). The molecule has 0 heterocycles. The summed E-state index contributed by atoms with van der Waals surface area (Å²) in [6.07, 6.45) is 1.25. The van der Waals surface area contributed by atoms with Crippen molar-refractivity contribution in [3.05, 3.63) is 0 Å². The third kappa shape index (κ3) is 13.0. The molecule has 0 unspecified atom stereocenters. The van der Waals surface area contributed by atoms with E-state index in [1.807, 2.05) is 0 Å². The molecule has 0 spiro atoms. The average molecular weight is 161 g/mol. The van der Waals surface area contributed by atoms with Crippen molar-refractivity contribution in [1.29, 1.82) is 0 Å². The van der Waals surface area contributed by atoms with Crippen LogP contribution in [-0.4, -0.2) is 36.2 Å². The number of hydrogen-bond acceptors (Lipinski definition) is 2. The highest BCUT2D eigenvalue weighted by Gasteiger charge is 1.93. The second-order valence-electron chi connectivity index (χ2n) is 2.46. The fraction of sp³-hybridized carbons (Fsp3) is 1.00. The lowest BCUT2D eigenvalue weighted by molar-refractivity contribution is 0.208. The van der Waals surface area contributed by atoms with Gasteiger partial charge in [-0.15, -0.1) is 0 Å². The highest BCUT2D eigenvalue weighted by Crippen LogP contribution is 1.82. The quantitative estimate of drug-likeness (QED) is 0.679. The maximum absolute atomic E-state index is 8.46. The van der Waals surface area contributed by atoms with Gasteiger partial charge in [-0.3, -0.25) is 0 Å². The standard InChI is InChI=1S/C6H15NO.C3H8/c1-3-7(4-2)5-6-8;1-3-2/h8H,3-6H2,1-2H3;3H2,1-2H3. The van der Waals surface area contributed by atoms with Gasteiger partial charge in [0.05, 0.1) is 6.61 Å². The third-order valence-corrected chi connectivity index (χ3v) is 1.31. The summed E-state index contributed by atoms with van der Waals surface area (Å²) in [6, 6.07) is 0. The van der Waals surface area contributed by atoms with Crippen molar-refractivity contribution in [1.82, 2.24) is 4.90 Å². The molecule has 11 heavy (non-hydrogen) atoms. The maximum Gasteiger partial charge on any atom is 0.0558 e. The van der Waals surface area contributed by atoms with Crippen molar-refractivity contribution in [2.45, 2.75) is 34.1 Å². The molecule has 2 nitrogen and oxygen atoms in total. The molecule has 1 N–H and O–H groups in total. The minimum Gasteiger partial charge on any atom is -0.395 e. The van der Waals surface area contributed by atoms with Crippen LogP contribution in [0.15, 0.2) is 0 Å². The Morgan fingerprint density at radius 2 is 1.36 bits per heavy atom. The van der Waals surface area contributed by atoms with Gasteiger partial charge >= 0.3 is 0 Å². The monoisotopic (exact) mass is 161 g/mol. The molecule has 0 amide bonds. The van der Waals surface area contributed by atoms with E-state index >= 15 is 0 Å². The molecule has 0 saturated heterocycles. The zero-order valence-corrected chi connectivity index (χ0v) is 8.43. The summed E-state index contributed by atoms with van der Waals surface area (Å²) in [7, 11) is 0. The van der Waals surface area contributed by atoms with E-state index in [1.54, 1.807) is 0 Å². The predicted octanol–water partition coefficient (Wildman–Crippen LogP) is 1.74. The molecular formula is C9H23NO. The van der Waals surface area contributed by atoms with Crippen molar-refractivity contribution < 1.29 is 5.11 Å². The highest BCUT2D eigenvalue weighted by atomic mass is 16.3. The largest absolute Gasteiger partial charge is 0.395 e. The second-order valence-corrected chi connectivity index (χ2v) is 2.46. The van der Waals surface area contributed by atoms with Crippen LogP contribution in [-0.2, 0) is 0 Å². The summed E-state index contributed by atoms with van der Waals surface area (Å²) in [4.78, 5) is 2.18. The van der Waals surface area contributed by atoms with Crippen LogP contribution < -0.4 is 0 Å². The van der Waals surface area contributed by atoms with Gasteiger partial charge < -0.3 is 10.0 Å². The highest BCUT2D eigenvalue weighted by molar-refractivity contribution is 4.47. The van der Waals surface area contributed by atoms with Crippen LogP contribution in [0.1, 0.15) is 34.1 Å². The maximum atomic E-state index is 8.46. The Hall–Kier alpha value is -0.0800. The first-order chi connectivity index (χ1) is 5.26. The molecule has 0 saturated carbocycles. The second kappa shape index (κ2) is 12.6. The van der Waals surface area contributed by atoms with Crippen LogP contribution in [0.4, 0.5) is 0 Å². The van der Waals surface area contributed by atoms with Crippen LogP contribution in [0.5, 0.6) is 0 Å². The van der Waals surface area contributed by atoms with Crippen LogP contribution in [0.3, 0.4) is 0 Å². The first-order valence-corrected chi connectivity index (χ1v) is 4.59. The van der Waals surface area contributed by atoms with Gasteiger partial charge in [-0.2, -0.15) is 0 Å². The number of aliphatic hydroxyl groups is 1. The van der Waals surface area contributed by atoms with Crippen LogP contribution in [0.25, 0.3) is 0 Å². The van der Waals surface area contributed by atoms with E-state index in [0.717, 1.165) is 19.6 Å². The number of aliphatic hydroxyl groups excluding tert-OH is 1. The smallest absolute Gasteiger partial charge is 0.0558 e. The van der Waals surface area contributed by atoms with Crippen molar-refractivity contribution in [2.75, 3.05) is 26.2 Å². The topological polar surface area (TPSA) is 23.5 Å². The molecule has 0 aromatic carbocycles. The van der Waals surface area contributed by atoms with E-state index < -0.39 is 0 Å². The summed E-state index contributed by atoms with van der Waals surface area (Å²) in [5, 5.41) is 8.46. The van der Waals surface area contributed by atoms with Gasteiger partial charge in [0.15, 0.2) is 0 Å². The molecule has 0 bridgehead atoms. The SMILES string of the molecule is CCC.CCN(CC)CCO. The summed E-state index contributed by atoms with van der Waals surface area (Å²) in [6.45, 7) is 11.6. The van der Waals surface area contributed by atoms with Crippen LogP contribution in [0, 0.1) is 0 Å². The van der Waals surface area contributed by atoms with E-state index in [2.05, 4.69) is 32.6 Å². The Kier molecular flexibility index (Phi) is 15.4. The molecule has 0 atom stereocenters. The zero-order chi connectivity index (χ0) is 9.11. The minimum atomic E-state index is 0.279. The molecule has 0 aromatic heterocycles. The molecular weight excluding hydrogens is 138 g/mol. The van der Waals surface area contributed by atoms with Crippen molar-refractivity contribution in [2.24, 2.45) is 0 Å². The Bertz CT molecular complexity index is 53.5. The molecule has 0 aliphatic rings. The average Bonchev–Trinajstić information content (AvgIpc) is 2.02. The van der Waals surface area contributed by atoms with E-state index in [9.17, 15) is 0 Å². The number of nitrogens with zero attached hydrogens (tertiary/aromatic N) is 1. The fourth-order valence-corrected chi connectivity index (χ4v) is 0.681. The normalized spacial score (nSPS) is 9.27. The summed E-state index contributed by atoms with van der Waals surface area (Å²) in [5.74, 6) is 0. The van der Waals surface area contributed by atoms with Crippen molar-refractivity contribution in [3.8, 4) is 0 Å². The van der Waals surface area contributed by atoms with E-state index in [0.29, 0.717) is 0 Å². The van der Waals surface area contributed by atoms with E-state index in [4.69, 9.17) is 5.11 Å². The number of rotatable bonds is 4. The fourth-order valence-electron chi connectivity index (χ4n) is 0.681. The molecule has 0 radical (unpaired) electrons. The molecule has 2 heteroatoms. The van der Waals surface area contributed by atoms with Gasteiger partial charge in [0.1, 0.15) is 0 Å². The molecule has 70 valence electrons. The predicted molar refractivity (Wildman–Crippen MR) is 50.8 cm³/mol. The van der Waals surface area contributed by atoms with Crippen LogP contribution >= 0.6 is 0 Å². The van der Waals surface area contributed by atoms with Gasteiger partial charge in [0.2, 0.25) is 0 Å². The lowest BCUT2D eigenvalue weighted by atomic mass is 10.5. The Morgan fingerprint density at radius 1 is 1.00 bits per heavy atom. The molecule has 0 aromatic rings. The van der Waals surface area contributed by atoms with Crippen LogP contribution in [0.2, 0.25) is 0 Å². The van der Waals surface area contributed by atoms with Gasteiger partial charge in [0.25, 0.3) is 0 Å². The van der Waals surface area contributed by atoms with Gasteiger partial charge in [-0.1, -0.05) is 34.1 Å². The Balaban J connectivity index is 0. The number of likely N-dealkylation sites (N-methyl/N-ethyl adjacent to an activating group) is 1.